The number of carbonyl (C=O) groups excluding carboxylic acids is 3. The fourth-order valence-corrected chi connectivity index (χ4v) is 7.15. The third kappa shape index (κ3) is 4.45. The van der Waals surface area contributed by atoms with E-state index in [1.54, 1.807) is 29.2 Å². The van der Waals surface area contributed by atoms with Crippen LogP contribution < -0.4 is 10.6 Å². The summed E-state index contributed by atoms with van der Waals surface area (Å²) < 4.78 is 6.47. The number of likely N-dealkylation sites (tertiary alicyclic amines) is 1. The van der Waals surface area contributed by atoms with Crippen molar-refractivity contribution in [1.29, 1.82) is 0 Å². The smallest absolute Gasteiger partial charge is 0.246 e. The number of amides is 3. The highest BCUT2D eigenvalue weighted by Gasteiger charge is 2.72. The quantitative estimate of drug-likeness (QED) is 0.519. The van der Waals surface area contributed by atoms with Crippen LogP contribution in [0.1, 0.15) is 38.7 Å². The zero-order valence-electron chi connectivity index (χ0n) is 22.2. The van der Waals surface area contributed by atoms with Crippen LogP contribution in [0.3, 0.4) is 0 Å². The molecule has 2 saturated heterocycles. The highest BCUT2D eigenvalue weighted by Crippen LogP contribution is 2.55. The van der Waals surface area contributed by atoms with Crippen molar-refractivity contribution in [3.8, 4) is 0 Å². The Morgan fingerprint density at radius 2 is 1.79 bits per heavy atom. The number of ether oxygens (including phenoxy) is 1. The van der Waals surface area contributed by atoms with E-state index in [2.05, 4.69) is 24.5 Å². The highest BCUT2D eigenvalue weighted by atomic mass is 35.5. The maximum atomic E-state index is 14.1. The van der Waals surface area contributed by atoms with E-state index in [4.69, 9.17) is 16.3 Å². The van der Waals surface area contributed by atoms with Crippen LogP contribution in [0.5, 0.6) is 0 Å². The summed E-state index contributed by atoms with van der Waals surface area (Å²) in [6.45, 7) is 4.68. The molecule has 0 aromatic heterocycles. The molecule has 1 aliphatic carbocycles. The van der Waals surface area contributed by atoms with Crippen LogP contribution in [-0.2, 0) is 25.7 Å². The Morgan fingerprint density at radius 3 is 2.54 bits per heavy atom. The molecule has 2 N–H and O–H groups in total. The van der Waals surface area contributed by atoms with Crippen LogP contribution >= 0.6 is 11.6 Å². The molecule has 3 aliphatic heterocycles. The largest absolute Gasteiger partial charge is 0.359 e. The van der Waals surface area contributed by atoms with Crippen molar-refractivity contribution in [3.63, 3.8) is 0 Å². The maximum Gasteiger partial charge on any atom is 0.246 e. The van der Waals surface area contributed by atoms with Crippen molar-refractivity contribution in [2.24, 2.45) is 23.7 Å². The van der Waals surface area contributed by atoms with Gasteiger partial charge in [0.1, 0.15) is 11.6 Å². The van der Waals surface area contributed by atoms with E-state index in [1.807, 2.05) is 42.5 Å². The first-order chi connectivity index (χ1) is 18.8. The predicted octanol–water partition coefficient (Wildman–Crippen LogP) is 4.57. The lowest BCUT2D eigenvalue weighted by atomic mass is 9.73. The average molecular weight is 548 g/mol. The van der Waals surface area contributed by atoms with Crippen molar-refractivity contribution in [2.75, 3.05) is 5.32 Å². The minimum Gasteiger partial charge on any atom is -0.359 e. The lowest BCUT2D eigenvalue weighted by molar-refractivity contribution is -0.142. The number of hydrogen-bond donors (Lipinski definition) is 2. The Labute approximate surface area is 233 Å². The maximum absolute atomic E-state index is 14.1. The van der Waals surface area contributed by atoms with Crippen LogP contribution in [0.2, 0.25) is 5.02 Å². The molecule has 1 spiro atoms. The van der Waals surface area contributed by atoms with Crippen LogP contribution in [-0.4, -0.2) is 46.4 Å². The van der Waals surface area contributed by atoms with Gasteiger partial charge in [-0.15, -0.1) is 0 Å². The average Bonchev–Trinajstić information content (AvgIpc) is 3.56. The SMILES string of the molecule is CC1CCCC(NC(=O)C2N(Cc3ccccc3)C(=O)C3C(C(=O)Nc4ccc(Cl)cc4)C4C=CC32O4)C1C. The molecule has 1 saturated carbocycles. The number of rotatable bonds is 6. The molecule has 2 aromatic rings. The molecule has 3 amide bonds. The number of halogens is 1. The zero-order valence-corrected chi connectivity index (χ0v) is 22.9. The van der Waals surface area contributed by atoms with E-state index in [9.17, 15) is 14.4 Å². The Morgan fingerprint density at radius 1 is 1.05 bits per heavy atom. The number of carbonyl (C=O) groups is 3. The second-order valence-electron chi connectivity index (χ2n) is 11.5. The summed E-state index contributed by atoms with van der Waals surface area (Å²) in [5.74, 6) is -1.43. The van der Waals surface area contributed by atoms with E-state index in [0.29, 0.717) is 22.5 Å². The van der Waals surface area contributed by atoms with Crippen LogP contribution in [0.4, 0.5) is 5.69 Å². The number of hydrogen-bond acceptors (Lipinski definition) is 4. The molecular weight excluding hydrogens is 514 g/mol. The molecular formula is C31H34ClN3O4. The minimum absolute atomic E-state index is 0.0389. The van der Waals surface area contributed by atoms with Gasteiger partial charge in [0.2, 0.25) is 17.7 Å². The van der Waals surface area contributed by atoms with Crippen molar-refractivity contribution in [2.45, 2.75) is 63.4 Å². The Bertz CT molecular complexity index is 1300. The van der Waals surface area contributed by atoms with Gasteiger partial charge in [0.15, 0.2) is 0 Å². The van der Waals surface area contributed by atoms with Crippen molar-refractivity contribution < 1.29 is 19.1 Å². The standard InChI is InChI=1S/C31H34ClN3O4/c1-18-7-6-10-23(19(18)2)34-29(37)27-31-16-15-24(39-31)25(28(36)33-22-13-11-21(32)12-14-22)26(31)30(38)35(27)17-20-8-4-3-5-9-20/h3-5,8-9,11-16,18-19,23-27H,6-7,10,17H2,1-2H3,(H,33,36)(H,34,37). The van der Waals surface area contributed by atoms with Gasteiger partial charge in [-0.05, 0) is 48.1 Å². The van der Waals surface area contributed by atoms with E-state index >= 15 is 0 Å². The van der Waals surface area contributed by atoms with Gasteiger partial charge in [-0.25, -0.2) is 0 Å². The molecule has 39 heavy (non-hydrogen) atoms. The summed E-state index contributed by atoms with van der Waals surface area (Å²) in [5.41, 5.74) is 0.318. The zero-order chi connectivity index (χ0) is 27.3. The summed E-state index contributed by atoms with van der Waals surface area (Å²) in [7, 11) is 0. The Hall–Kier alpha value is -3.16. The molecule has 7 nitrogen and oxygen atoms in total. The number of anilines is 1. The van der Waals surface area contributed by atoms with Gasteiger partial charge < -0.3 is 20.3 Å². The lowest BCUT2D eigenvalue weighted by Gasteiger charge is -2.38. The molecule has 3 fully saturated rings. The summed E-state index contributed by atoms with van der Waals surface area (Å²) >= 11 is 6.00. The first-order valence-corrected chi connectivity index (χ1v) is 14.2. The van der Waals surface area contributed by atoms with Gasteiger partial charge in [-0.2, -0.15) is 0 Å². The normalized spacial score (nSPS) is 34.7. The first-order valence-electron chi connectivity index (χ1n) is 13.9. The predicted molar refractivity (Wildman–Crippen MR) is 149 cm³/mol. The topological polar surface area (TPSA) is 87.7 Å². The second kappa shape index (κ2) is 10.1. The van der Waals surface area contributed by atoms with Crippen LogP contribution in [0.15, 0.2) is 66.7 Å². The van der Waals surface area contributed by atoms with Crippen molar-refractivity contribution >= 4 is 35.0 Å². The van der Waals surface area contributed by atoms with Gasteiger partial charge in [0, 0.05) is 23.3 Å². The van der Waals surface area contributed by atoms with E-state index in [1.165, 1.54) is 0 Å². The van der Waals surface area contributed by atoms with Gasteiger partial charge in [0.25, 0.3) is 0 Å². The molecule has 3 heterocycles. The second-order valence-corrected chi connectivity index (χ2v) is 12.0. The van der Waals surface area contributed by atoms with E-state index in [0.717, 1.165) is 24.8 Å². The van der Waals surface area contributed by atoms with Gasteiger partial charge in [0.05, 0.1) is 17.9 Å². The van der Waals surface area contributed by atoms with Gasteiger partial charge in [-0.3, -0.25) is 14.4 Å². The number of nitrogens with one attached hydrogen (secondary N) is 2. The monoisotopic (exact) mass is 547 g/mol. The number of benzene rings is 2. The Balaban J connectivity index is 1.32. The first kappa shape index (κ1) is 26.1. The fourth-order valence-electron chi connectivity index (χ4n) is 7.02. The molecule has 4 aliphatic rings. The summed E-state index contributed by atoms with van der Waals surface area (Å²) in [6.07, 6.45) is 6.25. The molecule has 2 aromatic carbocycles. The van der Waals surface area contributed by atoms with Gasteiger partial charge in [-0.1, -0.05) is 80.8 Å². The van der Waals surface area contributed by atoms with Crippen LogP contribution in [0.25, 0.3) is 0 Å². The van der Waals surface area contributed by atoms with E-state index in [-0.39, 0.29) is 30.3 Å². The van der Waals surface area contributed by atoms with E-state index < -0.39 is 29.6 Å². The molecule has 8 atom stereocenters. The van der Waals surface area contributed by atoms with Crippen LogP contribution in [0, 0.1) is 23.7 Å². The minimum atomic E-state index is -1.19. The van der Waals surface area contributed by atoms with Crippen molar-refractivity contribution in [1.82, 2.24) is 10.2 Å². The fraction of sp³-hybridized carbons (Fsp3) is 0.452. The van der Waals surface area contributed by atoms with Gasteiger partial charge >= 0.3 is 0 Å². The molecule has 0 radical (unpaired) electrons. The molecule has 8 unspecified atom stereocenters. The lowest BCUT2D eigenvalue weighted by Crippen LogP contribution is -2.57. The molecule has 6 rings (SSSR count). The Kier molecular flexibility index (Phi) is 6.76. The summed E-state index contributed by atoms with van der Waals surface area (Å²) in [4.78, 5) is 43.5. The summed E-state index contributed by atoms with van der Waals surface area (Å²) in [5, 5.41) is 6.79. The third-order valence-corrected chi connectivity index (χ3v) is 9.52. The number of nitrogens with zero attached hydrogens (tertiary/aromatic N) is 1. The molecule has 8 heteroatoms. The number of fused-ring (bicyclic) bond motifs is 1. The molecule has 2 bridgehead atoms. The third-order valence-electron chi connectivity index (χ3n) is 9.27. The molecule has 204 valence electrons. The summed E-state index contributed by atoms with van der Waals surface area (Å²) in [6, 6.07) is 15.7. The highest BCUT2D eigenvalue weighted by molar-refractivity contribution is 6.30. The van der Waals surface area contributed by atoms with Crippen molar-refractivity contribution in [3.05, 3.63) is 77.3 Å².